The van der Waals surface area contributed by atoms with Gasteiger partial charge in [-0.25, -0.2) is 16.8 Å². The van der Waals surface area contributed by atoms with Crippen LogP contribution in [0.3, 0.4) is 0 Å². The van der Waals surface area contributed by atoms with E-state index in [9.17, 15) is 16.8 Å². The highest BCUT2D eigenvalue weighted by Gasteiger charge is 2.23. The number of thiocarbonyl (C=S) groups is 2. The SMILES string of the molecule is C/C(CS(=O)(=O)c1cccc2c(S(=O)(=O)C/C(C)=N\NC(N)=S)cccc12)=N/NC(N)=S. The topological polar surface area (TPSA) is 169 Å². The van der Waals surface area contributed by atoms with Crippen LogP contribution in [0.2, 0.25) is 0 Å². The minimum atomic E-state index is -3.85. The molecule has 2 aromatic carbocycles. The number of hydrogen-bond donors (Lipinski definition) is 4. The first-order chi connectivity index (χ1) is 14.8. The Morgan fingerprint density at radius 1 is 0.781 bits per heavy atom. The zero-order valence-electron chi connectivity index (χ0n) is 17.2. The molecule has 0 radical (unpaired) electrons. The summed E-state index contributed by atoms with van der Waals surface area (Å²) in [6.45, 7) is 3.01. The van der Waals surface area contributed by atoms with E-state index in [1.165, 1.54) is 38.1 Å². The van der Waals surface area contributed by atoms with Crippen molar-refractivity contribution in [1.82, 2.24) is 10.9 Å². The second kappa shape index (κ2) is 10.3. The van der Waals surface area contributed by atoms with Crippen LogP contribution >= 0.6 is 24.4 Å². The molecule has 0 bridgehead atoms. The summed E-state index contributed by atoms with van der Waals surface area (Å²) < 4.78 is 52.1. The molecule has 0 spiro atoms. The van der Waals surface area contributed by atoms with E-state index in [2.05, 4.69) is 45.5 Å². The number of hydrazone groups is 2. The molecule has 32 heavy (non-hydrogen) atoms. The van der Waals surface area contributed by atoms with E-state index in [1.807, 2.05) is 0 Å². The number of hydrogen-bond acceptors (Lipinski definition) is 8. The molecule has 14 heteroatoms. The van der Waals surface area contributed by atoms with Crippen LogP contribution in [0.1, 0.15) is 13.8 Å². The first-order valence-electron chi connectivity index (χ1n) is 8.98. The van der Waals surface area contributed by atoms with E-state index in [0.717, 1.165) is 0 Å². The first kappa shape index (κ1) is 25.6. The van der Waals surface area contributed by atoms with Crippen LogP contribution in [0, 0.1) is 0 Å². The smallest absolute Gasteiger partial charge is 0.184 e. The summed E-state index contributed by atoms with van der Waals surface area (Å²) in [6.07, 6.45) is 0. The van der Waals surface area contributed by atoms with E-state index in [4.69, 9.17) is 11.5 Å². The van der Waals surface area contributed by atoms with Crippen molar-refractivity contribution in [3.63, 3.8) is 0 Å². The Morgan fingerprint density at radius 3 is 1.44 bits per heavy atom. The van der Waals surface area contributed by atoms with Crippen molar-refractivity contribution in [1.29, 1.82) is 0 Å². The number of benzene rings is 2. The molecule has 10 nitrogen and oxygen atoms in total. The molecule has 2 aromatic rings. The standard InChI is InChI=1S/C18H22N6O4S4/c1-11(21-23-17(19)29)9-31(25,26)15-7-3-6-14-13(15)5-4-8-16(14)32(27,28)10-12(2)22-24-18(20)30/h3-8H,9-10H2,1-2H3,(H3,19,23,29)(H3,20,24,30)/b21-11-,22-12-. The van der Waals surface area contributed by atoms with Crippen molar-refractivity contribution < 1.29 is 16.8 Å². The van der Waals surface area contributed by atoms with Gasteiger partial charge in [0.05, 0.1) is 32.7 Å². The Kier molecular flexibility index (Phi) is 8.23. The van der Waals surface area contributed by atoms with Crippen molar-refractivity contribution in [3.05, 3.63) is 36.4 Å². The number of fused-ring (bicyclic) bond motifs is 1. The summed E-state index contributed by atoms with van der Waals surface area (Å²) in [5.41, 5.74) is 15.7. The van der Waals surface area contributed by atoms with Gasteiger partial charge in [-0.2, -0.15) is 10.2 Å². The largest absolute Gasteiger partial charge is 0.375 e. The van der Waals surface area contributed by atoms with Crippen molar-refractivity contribution in [3.8, 4) is 0 Å². The lowest BCUT2D eigenvalue weighted by atomic mass is 10.1. The average molecular weight is 515 g/mol. The summed E-state index contributed by atoms with van der Waals surface area (Å²) in [4.78, 5) is -0.0325. The van der Waals surface area contributed by atoms with Crippen molar-refractivity contribution in [2.45, 2.75) is 23.6 Å². The van der Waals surface area contributed by atoms with Crippen molar-refractivity contribution in [2.75, 3.05) is 11.5 Å². The monoisotopic (exact) mass is 514 g/mol. The number of sulfone groups is 2. The quantitative estimate of drug-likeness (QED) is 0.224. The van der Waals surface area contributed by atoms with Gasteiger partial charge in [0.15, 0.2) is 29.9 Å². The van der Waals surface area contributed by atoms with Crippen LogP contribution in [0.5, 0.6) is 0 Å². The Labute approximate surface area is 197 Å². The number of nitrogens with one attached hydrogen (secondary N) is 2. The maximum absolute atomic E-state index is 13.0. The highest BCUT2D eigenvalue weighted by atomic mass is 32.2. The van der Waals surface area contributed by atoms with Gasteiger partial charge in [0.2, 0.25) is 0 Å². The van der Waals surface area contributed by atoms with Crippen LogP contribution in [-0.4, -0.2) is 50.0 Å². The zero-order valence-corrected chi connectivity index (χ0v) is 20.5. The zero-order chi connectivity index (χ0) is 24.1. The van der Waals surface area contributed by atoms with Crippen LogP contribution in [-0.2, 0) is 19.7 Å². The lowest BCUT2D eigenvalue weighted by Crippen LogP contribution is -2.26. The van der Waals surface area contributed by atoms with E-state index in [0.29, 0.717) is 0 Å². The molecule has 0 aliphatic carbocycles. The molecule has 2 rings (SSSR count). The summed E-state index contributed by atoms with van der Waals surface area (Å²) in [5, 5.41) is 8.01. The second-order valence-electron chi connectivity index (χ2n) is 6.77. The molecule has 0 unspecified atom stereocenters. The molecule has 0 heterocycles. The van der Waals surface area contributed by atoms with Gasteiger partial charge in [-0.15, -0.1) is 0 Å². The van der Waals surface area contributed by atoms with E-state index in [-0.39, 0.29) is 42.2 Å². The van der Waals surface area contributed by atoms with Gasteiger partial charge < -0.3 is 11.5 Å². The highest BCUT2D eigenvalue weighted by molar-refractivity contribution is 7.92. The maximum atomic E-state index is 13.0. The molecule has 0 aliphatic heterocycles. The number of rotatable bonds is 8. The molecule has 172 valence electrons. The third-order valence-corrected chi connectivity index (χ3v) is 7.85. The Balaban J connectivity index is 2.51. The molecule has 0 atom stereocenters. The van der Waals surface area contributed by atoms with E-state index >= 15 is 0 Å². The molecule has 0 saturated carbocycles. The lowest BCUT2D eigenvalue weighted by molar-refractivity contribution is 0.598. The van der Waals surface area contributed by atoms with Crippen molar-refractivity contribution in [2.24, 2.45) is 21.7 Å². The third kappa shape index (κ3) is 6.66. The molecule has 0 saturated heterocycles. The molecule has 0 amide bonds. The molecular formula is C18H22N6O4S4. The van der Waals surface area contributed by atoms with Crippen LogP contribution in [0.25, 0.3) is 10.8 Å². The van der Waals surface area contributed by atoms with Crippen LogP contribution in [0.4, 0.5) is 0 Å². The fourth-order valence-corrected chi connectivity index (χ4v) is 6.10. The minimum absolute atomic E-state index is 0.0162. The van der Waals surface area contributed by atoms with Gasteiger partial charge in [-0.3, -0.25) is 10.9 Å². The van der Waals surface area contributed by atoms with Gasteiger partial charge in [-0.1, -0.05) is 24.3 Å². The van der Waals surface area contributed by atoms with Gasteiger partial charge >= 0.3 is 0 Å². The highest BCUT2D eigenvalue weighted by Crippen LogP contribution is 2.29. The number of nitrogens with zero attached hydrogens (tertiary/aromatic N) is 2. The first-order valence-corrected chi connectivity index (χ1v) is 13.1. The van der Waals surface area contributed by atoms with Crippen LogP contribution in [0.15, 0.2) is 56.4 Å². The van der Waals surface area contributed by atoms with Gasteiger partial charge in [-0.05, 0) is 50.4 Å². The fourth-order valence-electron chi connectivity index (χ4n) is 2.87. The maximum Gasteiger partial charge on any atom is 0.184 e. The predicted molar refractivity (Wildman–Crippen MR) is 134 cm³/mol. The predicted octanol–water partition coefficient (Wildman–Crippen LogP) is 0.805. The van der Waals surface area contributed by atoms with Gasteiger partial charge in [0, 0.05) is 10.8 Å². The fraction of sp³-hybridized carbons (Fsp3) is 0.222. The molecular weight excluding hydrogens is 493 g/mol. The Hall–Kier alpha value is -2.68. The normalized spacial score (nSPS) is 13.1. The molecule has 6 N–H and O–H groups in total. The Bertz CT molecular complexity index is 1230. The van der Waals surface area contributed by atoms with Crippen molar-refractivity contribution >= 4 is 76.5 Å². The summed E-state index contributed by atoms with van der Waals surface area (Å²) in [7, 11) is -7.70. The van der Waals surface area contributed by atoms with Gasteiger partial charge in [0.1, 0.15) is 0 Å². The molecule has 0 aromatic heterocycles. The summed E-state index contributed by atoms with van der Waals surface area (Å²) >= 11 is 9.30. The number of nitrogens with two attached hydrogens (primary N) is 2. The second-order valence-corrected chi connectivity index (χ2v) is 11.6. The lowest BCUT2D eigenvalue weighted by Gasteiger charge is -2.12. The molecule has 0 aliphatic rings. The van der Waals surface area contributed by atoms with E-state index in [1.54, 1.807) is 12.1 Å². The average Bonchev–Trinajstić information content (AvgIpc) is 2.69. The summed E-state index contributed by atoms with van der Waals surface area (Å²) in [5.74, 6) is -0.815. The minimum Gasteiger partial charge on any atom is -0.375 e. The van der Waals surface area contributed by atoms with Crippen LogP contribution < -0.4 is 22.3 Å². The van der Waals surface area contributed by atoms with E-state index < -0.39 is 31.2 Å². The molecule has 0 fully saturated rings. The summed E-state index contributed by atoms with van der Waals surface area (Å²) in [6, 6.07) is 8.92. The Morgan fingerprint density at radius 2 is 1.12 bits per heavy atom. The van der Waals surface area contributed by atoms with Gasteiger partial charge in [0.25, 0.3) is 0 Å². The third-order valence-electron chi connectivity index (χ3n) is 4.02.